The monoisotopic (exact) mass is 379 g/mol. The summed E-state index contributed by atoms with van der Waals surface area (Å²) >= 11 is 0. The minimum Gasteiger partial charge on any atom is -0.325 e. The number of hydrogen-bond donors (Lipinski definition) is 1. The van der Waals surface area contributed by atoms with Crippen molar-refractivity contribution in [3.63, 3.8) is 0 Å². The number of piperazine rings is 1. The molecule has 0 aliphatic carbocycles. The molecule has 1 atom stereocenters. The number of hydrogen-bond acceptors (Lipinski definition) is 4. The Bertz CT molecular complexity index is 824. The van der Waals surface area contributed by atoms with E-state index in [-0.39, 0.29) is 17.7 Å². The Morgan fingerprint density at radius 3 is 2.32 bits per heavy atom. The van der Waals surface area contributed by atoms with E-state index in [0.29, 0.717) is 5.56 Å². The maximum absolute atomic E-state index is 12.6. The van der Waals surface area contributed by atoms with E-state index in [0.717, 1.165) is 38.4 Å². The Morgan fingerprint density at radius 2 is 1.71 bits per heavy atom. The first-order chi connectivity index (χ1) is 13.4. The lowest BCUT2D eigenvalue weighted by Crippen LogP contribution is -2.52. The molecular formula is C23H29N3O2. The quantitative estimate of drug-likeness (QED) is 0.782. The van der Waals surface area contributed by atoms with Crippen LogP contribution in [0, 0.1) is 6.92 Å². The van der Waals surface area contributed by atoms with Gasteiger partial charge in [-0.05, 0) is 50.6 Å². The minimum atomic E-state index is -0.186. The number of benzene rings is 2. The highest BCUT2D eigenvalue weighted by Gasteiger charge is 2.25. The number of nitrogens with one attached hydrogen (secondary N) is 1. The molecule has 148 valence electrons. The first-order valence-electron chi connectivity index (χ1n) is 9.86. The number of amides is 1. The highest BCUT2D eigenvalue weighted by Crippen LogP contribution is 2.14. The molecule has 1 aliphatic heterocycles. The fraction of sp³-hybridized carbons (Fsp3) is 0.391. The van der Waals surface area contributed by atoms with Gasteiger partial charge < -0.3 is 5.32 Å². The lowest BCUT2D eigenvalue weighted by Gasteiger charge is -2.37. The number of carbonyl (C=O) groups excluding carboxylic acids is 2. The van der Waals surface area contributed by atoms with Crippen LogP contribution in [0.4, 0.5) is 5.69 Å². The van der Waals surface area contributed by atoms with Crippen molar-refractivity contribution in [2.24, 2.45) is 0 Å². The van der Waals surface area contributed by atoms with E-state index in [1.165, 1.54) is 18.1 Å². The number of rotatable bonds is 6. The van der Waals surface area contributed by atoms with E-state index in [1.807, 2.05) is 6.92 Å². The average molecular weight is 380 g/mol. The molecule has 1 saturated heterocycles. The van der Waals surface area contributed by atoms with E-state index in [4.69, 9.17) is 0 Å². The molecule has 0 aromatic heterocycles. The molecule has 0 spiro atoms. The number of nitrogens with zero attached hydrogens (tertiary/aromatic N) is 2. The molecule has 2 aromatic rings. The van der Waals surface area contributed by atoms with Gasteiger partial charge in [0.1, 0.15) is 0 Å². The number of anilines is 1. The maximum atomic E-state index is 12.6. The Balaban J connectivity index is 1.49. The molecule has 28 heavy (non-hydrogen) atoms. The summed E-state index contributed by atoms with van der Waals surface area (Å²) in [6.07, 6.45) is 0. The van der Waals surface area contributed by atoms with Crippen molar-refractivity contribution < 1.29 is 9.59 Å². The lowest BCUT2D eigenvalue weighted by atomic mass is 10.1. The van der Waals surface area contributed by atoms with Crippen LogP contribution in [-0.4, -0.2) is 53.7 Å². The summed E-state index contributed by atoms with van der Waals surface area (Å²) in [5.41, 5.74) is 4.00. The number of ketones is 1. The van der Waals surface area contributed by atoms with Gasteiger partial charge in [-0.15, -0.1) is 0 Å². The molecule has 1 N–H and O–H groups in total. The van der Waals surface area contributed by atoms with Crippen LogP contribution in [0.5, 0.6) is 0 Å². The molecule has 1 amide bonds. The van der Waals surface area contributed by atoms with E-state index in [9.17, 15) is 9.59 Å². The number of Topliss-reactive ketones (excluding diaryl/α,β-unsaturated/α-hetero) is 1. The van der Waals surface area contributed by atoms with E-state index in [2.05, 4.69) is 46.3 Å². The van der Waals surface area contributed by atoms with Crippen LogP contribution in [0.25, 0.3) is 0 Å². The van der Waals surface area contributed by atoms with E-state index in [1.54, 1.807) is 24.3 Å². The molecule has 1 fully saturated rings. The SMILES string of the molecule is CC(=O)c1ccc(NC(=O)C(C)N2CCN(Cc3cccc(C)c3)CC2)cc1. The predicted octanol–water partition coefficient (Wildman–Crippen LogP) is 3.34. The molecule has 3 rings (SSSR count). The first-order valence-corrected chi connectivity index (χ1v) is 9.86. The van der Waals surface area contributed by atoms with Gasteiger partial charge in [-0.25, -0.2) is 0 Å². The molecule has 1 unspecified atom stereocenters. The largest absolute Gasteiger partial charge is 0.325 e. The summed E-state index contributed by atoms with van der Waals surface area (Å²) < 4.78 is 0. The van der Waals surface area contributed by atoms with E-state index >= 15 is 0 Å². The Hall–Kier alpha value is -2.50. The van der Waals surface area contributed by atoms with Crippen LogP contribution in [0.1, 0.15) is 35.3 Å². The van der Waals surface area contributed by atoms with Gasteiger partial charge >= 0.3 is 0 Å². The predicted molar refractivity (Wildman–Crippen MR) is 113 cm³/mol. The van der Waals surface area contributed by atoms with Crippen LogP contribution >= 0.6 is 0 Å². The third-order valence-electron chi connectivity index (χ3n) is 5.38. The molecule has 2 aromatic carbocycles. The second kappa shape index (κ2) is 9.13. The van der Waals surface area contributed by atoms with Crippen LogP contribution < -0.4 is 5.32 Å². The molecule has 0 bridgehead atoms. The van der Waals surface area contributed by atoms with Gasteiger partial charge in [0, 0.05) is 44.0 Å². The number of carbonyl (C=O) groups is 2. The summed E-state index contributed by atoms with van der Waals surface area (Å²) in [5.74, 6) is 0.0116. The van der Waals surface area contributed by atoms with Crippen molar-refractivity contribution in [1.82, 2.24) is 9.80 Å². The van der Waals surface area contributed by atoms with E-state index < -0.39 is 0 Å². The third kappa shape index (κ3) is 5.27. The molecule has 0 saturated carbocycles. The zero-order chi connectivity index (χ0) is 20.1. The smallest absolute Gasteiger partial charge is 0.241 e. The molecule has 5 heteroatoms. The van der Waals surface area contributed by atoms with Gasteiger partial charge in [-0.2, -0.15) is 0 Å². The fourth-order valence-electron chi connectivity index (χ4n) is 3.58. The van der Waals surface area contributed by atoms with Crippen molar-refractivity contribution in [3.8, 4) is 0 Å². The Labute approximate surface area is 167 Å². The van der Waals surface area contributed by atoms with Crippen molar-refractivity contribution in [1.29, 1.82) is 0 Å². The average Bonchev–Trinajstić information content (AvgIpc) is 2.68. The van der Waals surface area contributed by atoms with Gasteiger partial charge in [-0.3, -0.25) is 19.4 Å². The Kier molecular flexibility index (Phi) is 6.60. The summed E-state index contributed by atoms with van der Waals surface area (Å²) in [6.45, 7) is 10.2. The summed E-state index contributed by atoms with van der Waals surface area (Å²) in [5, 5.41) is 2.96. The molecular weight excluding hydrogens is 350 g/mol. The van der Waals surface area contributed by atoms with Crippen molar-refractivity contribution >= 4 is 17.4 Å². The molecule has 5 nitrogen and oxygen atoms in total. The van der Waals surface area contributed by atoms with Crippen molar-refractivity contribution in [2.45, 2.75) is 33.4 Å². The van der Waals surface area contributed by atoms with Crippen LogP contribution in [-0.2, 0) is 11.3 Å². The van der Waals surface area contributed by atoms with Crippen molar-refractivity contribution in [3.05, 3.63) is 65.2 Å². The third-order valence-corrected chi connectivity index (χ3v) is 5.38. The van der Waals surface area contributed by atoms with Gasteiger partial charge in [0.05, 0.1) is 6.04 Å². The Morgan fingerprint density at radius 1 is 1.04 bits per heavy atom. The zero-order valence-corrected chi connectivity index (χ0v) is 16.9. The molecule has 1 aliphatic rings. The maximum Gasteiger partial charge on any atom is 0.241 e. The van der Waals surface area contributed by atoms with Crippen LogP contribution in [0.15, 0.2) is 48.5 Å². The molecule has 1 heterocycles. The standard InChI is InChI=1S/C23H29N3O2/c1-17-5-4-6-20(15-17)16-25-11-13-26(14-12-25)18(2)23(28)24-22-9-7-21(8-10-22)19(3)27/h4-10,15,18H,11-14,16H2,1-3H3,(H,24,28). The van der Waals surface area contributed by atoms with Crippen molar-refractivity contribution in [2.75, 3.05) is 31.5 Å². The summed E-state index contributed by atoms with van der Waals surface area (Å²) in [7, 11) is 0. The van der Waals surface area contributed by atoms with Gasteiger partial charge in [0.2, 0.25) is 5.91 Å². The van der Waals surface area contributed by atoms with Crippen LogP contribution in [0.3, 0.4) is 0 Å². The van der Waals surface area contributed by atoms with Gasteiger partial charge in [0.15, 0.2) is 5.78 Å². The number of aryl methyl sites for hydroxylation is 1. The van der Waals surface area contributed by atoms with Gasteiger partial charge in [0.25, 0.3) is 0 Å². The topological polar surface area (TPSA) is 52.7 Å². The summed E-state index contributed by atoms with van der Waals surface area (Å²) in [4.78, 5) is 28.6. The zero-order valence-electron chi connectivity index (χ0n) is 16.9. The molecule has 0 radical (unpaired) electrons. The summed E-state index contributed by atoms with van der Waals surface area (Å²) in [6, 6.07) is 15.5. The highest BCUT2D eigenvalue weighted by molar-refractivity contribution is 5.96. The van der Waals surface area contributed by atoms with Crippen LogP contribution in [0.2, 0.25) is 0 Å². The lowest BCUT2D eigenvalue weighted by molar-refractivity contribution is -0.121. The second-order valence-corrected chi connectivity index (χ2v) is 7.60. The highest BCUT2D eigenvalue weighted by atomic mass is 16.2. The fourth-order valence-corrected chi connectivity index (χ4v) is 3.58. The second-order valence-electron chi connectivity index (χ2n) is 7.60. The minimum absolute atomic E-state index is 0.0114. The van der Waals surface area contributed by atoms with Gasteiger partial charge in [-0.1, -0.05) is 29.8 Å². The normalized spacial score (nSPS) is 16.5. The first kappa shape index (κ1) is 20.2.